The van der Waals surface area contributed by atoms with E-state index in [9.17, 15) is 0 Å². The molecular weight excluding hydrogens is 208 g/mol. The first-order valence-corrected chi connectivity index (χ1v) is 5.81. The Morgan fingerprint density at radius 1 is 1.27 bits per heavy atom. The second kappa shape index (κ2) is 5.99. The lowest BCUT2D eigenvalue weighted by Gasteiger charge is -2.18. The Morgan fingerprint density at radius 2 is 1.93 bits per heavy atom. The van der Waals surface area contributed by atoms with E-state index in [4.69, 9.17) is 17.3 Å². The van der Waals surface area contributed by atoms with Crippen molar-refractivity contribution in [1.29, 1.82) is 0 Å². The zero-order valence-corrected chi connectivity index (χ0v) is 10.2. The van der Waals surface area contributed by atoms with E-state index >= 15 is 0 Å². The molecule has 84 valence electrons. The molecule has 2 nitrogen and oxygen atoms in total. The minimum absolute atomic E-state index is 0.728. The first-order valence-electron chi connectivity index (χ1n) is 5.43. The predicted molar refractivity (Wildman–Crippen MR) is 67.4 cm³/mol. The van der Waals surface area contributed by atoms with E-state index in [0.29, 0.717) is 0 Å². The highest BCUT2D eigenvalue weighted by Crippen LogP contribution is 2.19. The molecular formula is C12H19ClN2. The molecule has 0 aromatic heterocycles. The van der Waals surface area contributed by atoms with Crippen LogP contribution in [-0.4, -0.2) is 24.5 Å². The summed E-state index contributed by atoms with van der Waals surface area (Å²) >= 11 is 6.10. The third kappa shape index (κ3) is 3.73. The summed E-state index contributed by atoms with van der Waals surface area (Å²) in [5.74, 6) is 0. The molecule has 0 fully saturated rings. The van der Waals surface area contributed by atoms with Gasteiger partial charge in [-0.15, -0.1) is 0 Å². The lowest BCUT2D eigenvalue weighted by atomic mass is 10.1. The van der Waals surface area contributed by atoms with Gasteiger partial charge in [0.15, 0.2) is 0 Å². The van der Waals surface area contributed by atoms with Crippen molar-refractivity contribution in [3.63, 3.8) is 0 Å². The van der Waals surface area contributed by atoms with Crippen molar-refractivity contribution in [3.8, 4) is 0 Å². The third-order valence-electron chi connectivity index (χ3n) is 2.67. The van der Waals surface area contributed by atoms with Gasteiger partial charge in [-0.1, -0.05) is 31.5 Å². The average molecular weight is 227 g/mol. The van der Waals surface area contributed by atoms with E-state index in [-0.39, 0.29) is 0 Å². The van der Waals surface area contributed by atoms with Gasteiger partial charge in [0.1, 0.15) is 0 Å². The molecule has 0 aliphatic carbocycles. The molecule has 1 aromatic carbocycles. The maximum absolute atomic E-state index is 6.10. The van der Waals surface area contributed by atoms with E-state index in [1.165, 1.54) is 5.56 Å². The maximum atomic E-state index is 6.10. The van der Waals surface area contributed by atoms with Crippen LogP contribution in [0.2, 0.25) is 5.02 Å². The second-order valence-corrected chi connectivity index (χ2v) is 4.03. The molecule has 0 bridgehead atoms. The Kier molecular flexibility index (Phi) is 4.92. The molecule has 0 amide bonds. The van der Waals surface area contributed by atoms with E-state index in [1.807, 2.05) is 18.2 Å². The largest absolute Gasteiger partial charge is 0.399 e. The van der Waals surface area contributed by atoms with E-state index in [2.05, 4.69) is 18.7 Å². The molecule has 0 saturated carbocycles. The molecule has 0 spiro atoms. The summed E-state index contributed by atoms with van der Waals surface area (Å²) in [7, 11) is 0. The normalized spacial score (nSPS) is 10.9. The molecule has 0 atom stereocenters. The Hall–Kier alpha value is -0.730. The zero-order chi connectivity index (χ0) is 11.3. The quantitative estimate of drug-likeness (QED) is 0.783. The van der Waals surface area contributed by atoms with Gasteiger partial charge >= 0.3 is 0 Å². The lowest BCUT2D eigenvalue weighted by molar-refractivity contribution is 0.308. The first kappa shape index (κ1) is 12.3. The fourth-order valence-corrected chi connectivity index (χ4v) is 1.87. The van der Waals surface area contributed by atoms with Gasteiger partial charge in [-0.05, 0) is 37.2 Å². The highest BCUT2D eigenvalue weighted by atomic mass is 35.5. The summed E-state index contributed by atoms with van der Waals surface area (Å²) in [5, 5.41) is 0.780. The van der Waals surface area contributed by atoms with Gasteiger partial charge < -0.3 is 10.6 Å². The van der Waals surface area contributed by atoms with Crippen LogP contribution in [0.1, 0.15) is 19.4 Å². The second-order valence-electron chi connectivity index (χ2n) is 3.63. The van der Waals surface area contributed by atoms with Crippen LogP contribution in [-0.2, 0) is 6.42 Å². The van der Waals surface area contributed by atoms with Crippen LogP contribution in [0.5, 0.6) is 0 Å². The summed E-state index contributed by atoms with van der Waals surface area (Å²) in [4.78, 5) is 2.38. The number of nitrogens with zero attached hydrogens (tertiary/aromatic N) is 1. The topological polar surface area (TPSA) is 29.3 Å². The van der Waals surface area contributed by atoms with Crippen molar-refractivity contribution in [2.24, 2.45) is 0 Å². The van der Waals surface area contributed by atoms with Crippen molar-refractivity contribution in [2.75, 3.05) is 25.4 Å². The van der Waals surface area contributed by atoms with Crippen molar-refractivity contribution in [1.82, 2.24) is 4.90 Å². The Morgan fingerprint density at radius 3 is 2.47 bits per heavy atom. The van der Waals surface area contributed by atoms with Crippen molar-refractivity contribution in [2.45, 2.75) is 20.3 Å². The minimum atomic E-state index is 0.728. The molecule has 0 radical (unpaired) electrons. The van der Waals surface area contributed by atoms with Crippen molar-refractivity contribution < 1.29 is 0 Å². The number of anilines is 1. The van der Waals surface area contributed by atoms with Crippen LogP contribution >= 0.6 is 11.6 Å². The predicted octanol–water partition coefficient (Wildman–Crippen LogP) is 2.81. The Labute approximate surface area is 97.0 Å². The molecule has 2 N–H and O–H groups in total. The van der Waals surface area contributed by atoms with Crippen molar-refractivity contribution >= 4 is 17.3 Å². The summed E-state index contributed by atoms with van der Waals surface area (Å²) in [6, 6.07) is 5.74. The number of likely N-dealkylation sites (N-methyl/N-ethyl adjacent to an activating group) is 1. The first-order chi connectivity index (χ1) is 7.17. The van der Waals surface area contributed by atoms with Gasteiger partial charge in [0.25, 0.3) is 0 Å². The average Bonchev–Trinajstić information content (AvgIpc) is 2.22. The molecule has 0 aliphatic rings. The van der Waals surface area contributed by atoms with Gasteiger partial charge in [-0.3, -0.25) is 0 Å². The Balaban J connectivity index is 2.57. The zero-order valence-electron chi connectivity index (χ0n) is 9.46. The van der Waals surface area contributed by atoms with Crippen LogP contribution < -0.4 is 5.73 Å². The SMILES string of the molecule is CCN(CC)CCc1ccc(N)cc1Cl. The van der Waals surface area contributed by atoms with Crippen LogP contribution in [0, 0.1) is 0 Å². The van der Waals surface area contributed by atoms with Gasteiger partial charge in [0, 0.05) is 17.3 Å². The van der Waals surface area contributed by atoms with E-state index in [0.717, 1.165) is 36.8 Å². The summed E-state index contributed by atoms with van der Waals surface area (Å²) in [5.41, 5.74) is 7.55. The molecule has 1 rings (SSSR count). The fourth-order valence-electron chi connectivity index (χ4n) is 1.58. The number of halogens is 1. The summed E-state index contributed by atoms with van der Waals surface area (Å²) in [6.07, 6.45) is 0.987. The number of hydrogen-bond acceptors (Lipinski definition) is 2. The molecule has 3 heteroatoms. The fraction of sp³-hybridized carbons (Fsp3) is 0.500. The monoisotopic (exact) mass is 226 g/mol. The molecule has 1 aromatic rings. The van der Waals surface area contributed by atoms with Gasteiger partial charge in [0.05, 0.1) is 0 Å². The van der Waals surface area contributed by atoms with Crippen LogP contribution in [0.4, 0.5) is 5.69 Å². The van der Waals surface area contributed by atoms with Crippen LogP contribution in [0.15, 0.2) is 18.2 Å². The molecule has 0 unspecified atom stereocenters. The maximum Gasteiger partial charge on any atom is 0.0458 e. The number of benzene rings is 1. The van der Waals surface area contributed by atoms with Crippen LogP contribution in [0.25, 0.3) is 0 Å². The molecule has 0 aliphatic heterocycles. The molecule has 0 heterocycles. The van der Waals surface area contributed by atoms with E-state index < -0.39 is 0 Å². The number of nitrogens with two attached hydrogens (primary N) is 1. The molecule has 0 saturated heterocycles. The van der Waals surface area contributed by atoms with E-state index in [1.54, 1.807) is 0 Å². The standard InChI is InChI=1S/C12H19ClN2/c1-3-15(4-2)8-7-10-5-6-11(14)9-12(10)13/h5-6,9H,3-4,7-8,14H2,1-2H3. The number of hydrogen-bond donors (Lipinski definition) is 1. The van der Waals surface area contributed by atoms with Crippen molar-refractivity contribution in [3.05, 3.63) is 28.8 Å². The highest BCUT2D eigenvalue weighted by molar-refractivity contribution is 6.31. The Bertz CT molecular complexity index is 308. The minimum Gasteiger partial charge on any atom is -0.399 e. The highest BCUT2D eigenvalue weighted by Gasteiger charge is 2.03. The van der Waals surface area contributed by atoms with Gasteiger partial charge in [-0.25, -0.2) is 0 Å². The number of rotatable bonds is 5. The van der Waals surface area contributed by atoms with Crippen LogP contribution in [0.3, 0.4) is 0 Å². The third-order valence-corrected chi connectivity index (χ3v) is 3.02. The smallest absolute Gasteiger partial charge is 0.0458 e. The van der Waals surface area contributed by atoms with Gasteiger partial charge in [-0.2, -0.15) is 0 Å². The summed E-state index contributed by atoms with van der Waals surface area (Å²) < 4.78 is 0. The molecule has 15 heavy (non-hydrogen) atoms. The number of nitrogen functional groups attached to an aromatic ring is 1. The lowest BCUT2D eigenvalue weighted by Crippen LogP contribution is -2.25. The van der Waals surface area contributed by atoms with Gasteiger partial charge in [0.2, 0.25) is 0 Å². The summed E-state index contributed by atoms with van der Waals surface area (Å²) in [6.45, 7) is 7.57.